The first kappa shape index (κ1) is 12.0. The first-order valence-corrected chi connectivity index (χ1v) is 7.55. The van der Waals surface area contributed by atoms with E-state index < -0.39 is 0 Å². The third kappa shape index (κ3) is 3.05. The van der Waals surface area contributed by atoms with Crippen LogP contribution in [-0.2, 0) is 5.75 Å². The third-order valence-corrected chi connectivity index (χ3v) is 4.59. The van der Waals surface area contributed by atoms with Crippen LogP contribution in [0.15, 0.2) is 38.2 Å². The van der Waals surface area contributed by atoms with Crippen molar-refractivity contribution in [1.82, 2.24) is 10.1 Å². The highest BCUT2D eigenvalue weighted by Gasteiger charge is 2.23. The van der Waals surface area contributed by atoms with Crippen molar-refractivity contribution in [3.8, 4) is 0 Å². The summed E-state index contributed by atoms with van der Waals surface area (Å²) in [5, 5.41) is 7.14. The number of rotatable bonds is 5. The minimum Gasteiger partial charge on any atom is -0.335 e. The molecule has 0 spiro atoms. The maximum absolute atomic E-state index is 5.14. The van der Waals surface area contributed by atoms with E-state index in [0.717, 1.165) is 10.3 Å². The average Bonchev–Trinajstić information content (AvgIpc) is 3.06. The summed E-state index contributed by atoms with van der Waals surface area (Å²) in [5.41, 5.74) is 0. The summed E-state index contributed by atoms with van der Waals surface area (Å²) in [7, 11) is 0. The van der Waals surface area contributed by atoms with Gasteiger partial charge in [-0.2, -0.15) is 4.98 Å². The van der Waals surface area contributed by atoms with Gasteiger partial charge in [-0.25, -0.2) is 0 Å². The number of aromatic nitrogens is 2. The van der Waals surface area contributed by atoms with Crippen molar-refractivity contribution in [2.24, 2.45) is 0 Å². The van der Waals surface area contributed by atoms with Crippen LogP contribution in [0.2, 0.25) is 0 Å². The molecule has 1 saturated carbocycles. The molecule has 1 aromatic carbocycles. The Morgan fingerprint density at radius 3 is 3.00 bits per heavy atom. The Morgan fingerprint density at radius 1 is 1.39 bits per heavy atom. The molecule has 3 rings (SSSR count). The number of thioether (sulfide) groups is 1. The Morgan fingerprint density at radius 2 is 2.22 bits per heavy atom. The van der Waals surface area contributed by atoms with Gasteiger partial charge in [-0.05, 0) is 40.9 Å². The van der Waals surface area contributed by atoms with E-state index in [9.17, 15) is 0 Å². The molecule has 0 radical (unpaired) electrons. The Labute approximate surface area is 118 Å². The van der Waals surface area contributed by atoms with Crippen molar-refractivity contribution in [3.05, 3.63) is 34.6 Å². The van der Waals surface area contributed by atoms with Crippen molar-refractivity contribution in [2.45, 2.75) is 29.5 Å². The van der Waals surface area contributed by atoms with E-state index in [1.165, 1.54) is 17.7 Å². The lowest BCUT2D eigenvalue weighted by molar-refractivity contribution is 0.424. The van der Waals surface area contributed by atoms with Crippen LogP contribution < -0.4 is 5.32 Å². The number of benzene rings is 1. The Hall–Kier alpha value is -1.01. The first-order chi connectivity index (χ1) is 8.81. The molecule has 4 nitrogen and oxygen atoms in total. The summed E-state index contributed by atoms with van der Waals surface area (Å²) in [6.45, 7) is 0. The van der Waals surface area contributed by atoms with Gasteiger partial charge in [-0.1, -0.05) is 17.3 Å². The number of nitrogens with zero attached hydrogens (tertiary/aromatic N) is 2. The molecule has 94 valence electrons. The topological polar surface area (TPSA) is 51.0 Å². The van der Waals surface area contributed by atoms with E-state index in [0.29, 0.717) is 17.8 Å². The van der Waals surface area contributed by atoms with Gasteiger partial charge in [0.05, 0.1) is 5.75 Å². The van der Waals surface area contributed by atoms with Gasteiger partial charge in [0.1, 0.15) is 0 Å². The van der Waals surface area contributed by atoms with Crippen molar-refractivity contribution in [1.29, 1.82) is 0 Å². The highest BCUT2D eigenvalue weighted by atomic mass is 79.9. The van der Waals surface area contributed by atoms with Gasteiger partial charge in [0.25, 0.3) is 0 Å². The molecular formula is C12H12BrN3OS. The van der Waals surface area contributed by atoms with Gasteiger partial charge < -0.3 is 9.84 Å². The largest absolute Gasteiger partial charge is 0.335 e. The maximum atomic E-state index is 5.14. The molecule has 0 amide bonds. The molecule has 6 heteroatoms. The molecule has 0 saturated heterocycles. The van der Waals surface area contributed by atoms with E-state index in [4.69, 9.17) is 4.52 Å². The Bertz CT molecular complexity index is 542. The number of hydrogen-bond donors (Lipinski definition) is 1. The van der Waals surface area contributed by atoms with Crippen molar-refractivity contribution < 1.29 is 4.52 Å². The summed E-state index contributed by atoms with van der Waals surface area (Å²) in [4.78, 5) is 5.49. The van der Waals surface area contributed by atoms with E-state index in [2.05, 4.69) is 37.5 Å². The molecule has 1 aromatic heterocycles. The zero-order valence-corrected chi connectivity index (χ0v) is 12.0. The van der Waals surface area contributed by atoms with Crippen LogP contribution in [0.5, 0.6) is 0 Å². The van der Waals surface area contributed by atoms with Gasteiger partial charge in [0.2, 0.25) is 0 Å². The lowest BCUT2D eigenvalue weighted by Crippen LogP contribution is -2.00. The zero-order chi connectivity index (χ0) is 12.4. The molecule has 0 atom stereocenters. The van der Waals surface area contributed by atoms with Gasteiger partial charge >= 0.3 is 6.01 Å². The minimum absolute atomic E-state index is 0.536. The third-order valence-electron chi connectivity index (χ3n) is 2.57. The van der Waals surface area contributed by atoms with Crippen molar-refractivity contribution in [2.75, 3.05) is 5.32 Å². The molecule has 1 fully saturated rings. The van der Waals surface area contributed by atoms with Crippen LogP contribution in [0.4, 0.5) is 6.01 Å². The fourth-order valence-corrected chi connectivity index (χ4v) is 2.89. The van der Waals surface area contributed by atoms with Crippen LogP contribution in [0.1, 0.15) is 18.7 Å². The normalized spacial score (nSPS) is 14.7. The van der Waals surface area contributed by atoms with Gasteiger partial charge in [-0.15, -0.1) is 11.8 Å². The SMILES string of the molecule is Brc1ccccc1SCc1noc(NC2CC2)n1. The minimum atomic E-state index is 0.536. The molecular weight excluding hydrogens is 314 g/mol. The number of hydrogen-bond acceptors (Lipinski definition) is 5. The molecule has 1 aliphatic carbocycles. The lowest BCUT2D eigenvalue weighted by atomic mass is 10.4. The second kappa shape index (κ2) is 5.32. The van der Waals surface area contributed by atoms with Crippen LogP contribution in [0, 0.1) is 0 Å². The maximum Gasteiger partial charge on any atom is 0.321 e. The Balaban J connectivity index is 1.59. The highest BCUT2D eigenvalue weighted by molar-refractivity contribution is 9.10. The summed E-state index contributed by atoms with van der Waals surface area (Å²) >= 11 is 5.21. The predicted molar refractivity (Wildman–Crippen MR) is 74.6 cm³/mol. The summed E-state index contributed by atoms with van der Waals surface area (Å²) in [6.07, 6.45) is 2.40. The number of nitrogens with one attached hydrogen (secondary N) is 1. The van der Waals surface area contributed by atoms with E-state index in [1.54, 1.807) is 11.8 Å². The van der Waals surface area contributed by atoms with Crippen molar-refractivity contribution >= 4 is 33.7 Å². The molecule has 0 aliphatic heterocycles. The first-order valence-electron chi connectivity index (χ1n) is 5.78. The standard InChI is InChI=1S/C12H12BrN3OS/c13-9-3-1-2-4-10(9)18-7-11-15-12(17-16-11)14-8-5-6-8/h1-4,8H,5-7H2,(H,14,15,16). The van der Waals surface area contributed by atoms with E-state index in [1.807, 2.05) is 18.2 Å². The molecule has 1 aliphatic rings. The number of halogens is 1. The van der Waals surface area contributed by atoms with Gasteiger partial charge in [0.15, 0.2) is 5.82 Å². The predicted octanol–water partition coefficient (Wildman–Crippen LogP) is 3.70. The molecule has 1 N–H and O–H groups in total. The average molecular weight is 326 g/mol. The van der Waals surface area contributed by atoms with Crippen LogP contribution >= 0.6 is 27.7 Å². The molecule has 1 heterocycles. The van der Waals surface area contributed by atoms with Gasteiger partial charge in [-0.3, -0.25) is 0 Å². The summed E-state index contributed by atoms with van der Waals surface area (Å²) in [5.74, 6) is 1.43. The highest BCUT2D eigenvalue weighted by Crippen LogP contribution is 2.29. The Kier molecular flexibility index (Phi) is 3.56. The van der Waals surface area contributed by atoms with Gasteiger partial charge in [0, 0.05) is 15.4 Å². The van der Waals surface area contributed by atoms with Crippen LogP contribution in [0.3, 0.4) is 0 Å². The fraction of sp³-hybridized carbons (Fsp3) is 0.333. The van der Waals surface area contributed by atoms with Crippen molar-refractivity contribution in [3.63, 3.8) is 0 Å². The monoisotopic (exact) mass is 325 g/mol. The van der Waals surface area contributed by atoms with E-state index in [-0.39, 0.29) is 0 Å². The molecule has 2 aromatic rings. The lowest BCUT2D eigenvalue weighted by Gasteiger charge is -2.00. The summed E-state index contributed by atoms with van der Waals surface area (Å²) in [6, 6.07) is 9.19. The molecule has 0 bridgehead atoms. The van der Waals surface area contributed by atoms with Crippen LogP contribution in [0.25, 0.3) is 0 Å². The second-order valence-corrected chi connectivity index (χ2v) is 6.02. The smallest absolute Gasteiger partial charge is 0.321 e. The fourth-order valence-electron chi connectivity index (χ4n) is 1.48. The van der Waals surface area contributed by atoms with Crippen LogP contribution in [-0.4, -0.2) is 16.2 Å². The van der Waals surface area contributed by atoms with E-state index >= 15 is 0 Å². The zero-order valence-electron chi connectivity index (χ0n) is 9.60. The second-order valence-electron chi connectivity index (χ2n) is 4.15. The number of anilines is 1. The summed E-state index contributed by atoms with van der Waals surface area (Å²) < 4.78 is 6.23. The quantitative estimate of drug-likeness (QED) is 0.849. The molecule has 0 unspecified atom stereocenters. The molecule has 18 heavy (non-hydrogen) atoms.